The van der Waals surface area contributed by atoms with Crippen molar-refractivity contribution >= 4 is 22.6 Å². The van der Waals surface area contributed by atoms with Gasteiger partial charge in [0.25, 0.3) is 0 Å². The molecule has 15 heavy (non-hydrogen) atoms. The third-order valence-electron chi connectivity index (χ3n) is 1.97. The van der Waals surface area contributed by atoms with E-state index in [-0.39, 0.29) is 11.3 Å². The van der Waals surface area contributed by atoms with E-state index in [2.05, 4.69) is 14.7 Å². The lowest BCUT2D eigenvalue weighted by Crippen LogP contribution is -2.45. The highest BCUT2D eigenvalue weighted by atomic mass is 32.1. The quantitative estimate of drug-likeness (QED) is 0.796. The zero-order valence-corrected chi connectivity index (χ0v) is 10.2. The molecule has 0 spiro atoms. The Labute approximate surface area is 93.3 Å². The number of carbonyl (C=O) groups is 1. The van der Waals surface area contributed by atoms with Crippen LogP contribution in [0.15, 0.2) is 0 Å². The summed E-state index contributed by atoms with van der Waals surface area (Å²) in [5, 5.41) is 3.15. The predicted molar refractivity (Wildman–Crippen MR) is 60.7 cm³/mol. The Hall–Kier alpha value is -1.01. The molecular weight excluding hydrogens is 212 g/mol. The molecule has 0 unspecified atom stereocenters. The first-order chi connectivity index (χ1) is 6.80. The van der Waals surface area contributed by atoms with Crippen molar-refractivity contribution in [1.82, 2.24) is 9.36 Å². The van der Waals surface area contributed by atoms with Crippen LogP contribution in [0.25, 0.3) is 0 Å². The minimum Gasteiger partial charge on any atom is -0.319 e. The number of aromatic nitrogens is 2. The fourth-order valence-electron chi connectivity index (χ4n) is 0.924. The van der Waals surface area contributed by atoms with Crippen molar-refractivity contribution in [2.45, 2.75) is 33.7 Å². The van der Waals surface area contributed by atoms with Crippen molar-refractivity contribution in [3.8, 4) is 0 Å². The van der Waals surface area contributed by atoms with Crippen LogP contribution in [0.1, 0.15) is 26.6 Å². The first kappa shape index (κ1) is 12.1. The maximum atomic E-state index is 11.7. The summed E-state index contributed by atoms with van der Waals surface area (Å²) in [4.78, 5) is 15.7. The summed E-state index contributed by atoms with van der Waals surface area (Å²) >= 11 is 1.16. The van der Waals surface area contributed by atoms with E-state index in [1.54, 1.807) is 6.92 Å². The molecule has 1 rings (SSSR count). The van der Waals surface area contributed by atoms with Crippen LogP contribution >= 0.6 is 11.5 Å². The average molecular weight is 228 g/mol. The van der Waals surface area contributed by atoms with Gasteiger partial charge in [0.15, 0.2) is 0 Å². The van der Waals surface area contributed by atoms with E-state index in [4.69, 9.17) is 5.73 Å². The first-order valence-corrected chi connectivity index (χ1v) is 5.45. The second-order valence-electron chi connectivity index (χ2n) is 4.48. The molecule has 1 amide bonds. The number of aryl methyl sites for hydroxylation is 1. The minimum atomic E-state index is -0.554. The zero-order valence-electron chi connectivity index (χ0n) is 9.37. The predicted octanol–water partition coefficient (Wildman–Crippen LogP) is 1.16. The second-order valence-corrected chi connectivity index (χ2v) is 5.23. The largest absolute Gasteiger partial charge is 0.319 e. The molecule has 84 valence electrons. The summed E-state index contributed by atoms with van der Waals surface area (Å²) in [6.45, 7) is 7.53. The van der Waals surface area contributed by atoms with Crippen LogP contribution < -0.4 is 11.1 Å². The number of nitrogens with zero attached hydrogens (tertiary/aromatic N) is 2. The van der Waals surface area contributed by atoms with Crippen LogP contribution in [0.3, 0.4) is 0 Å². The molecule has 6 heteroatoms. The SMILES string of the molecule is Cc1nsc(NC(=O)[C@H](N)C(C)(C)C)n1. The van der Waals surface area contributed by atoms with Crippen molar-refractivity contribution in [3.05, 3.63) is 5.82 Å². The molecule has 3 N–H and O–H groups in total. The van der Waals surface area contributed by atoms with Gasteiger partial charge in [-0.15, -0.1) is 0 Å². The minimum absolute atomic E-state index is 0.223. The number of amides is 1. The molecule has 1 atom stereocenters. The lowest BCUT2D eigenvalue weighted by molar-refractivity contribution is -0.119. The summed E-state index contributed by atoms with van der Waals surface area (Å²) in [7, 11) is 0. The molecule has 0 aromatic carbocycles. The van der Waals surface area contributed by atoms with E-state index in [1.807, 2.05) is 20.8 Å². The van der Waals surface area contributed by atoms with Gasteiger partial charge in [-0.1, -0.05) is 20.8 Å². The molecule has 0 aliphatic carbocycles. The Balaban J connectivity index is 2.64. The average Bonchev–Trinajstić information content (AvgIpc) is 2.48. The fraction of sp³-hybridized carbons (Fsp3) is 0.667. The van der Waals surface area contributed by atoms with Crippen LogP contribution in [0.2, 0.25) is 0 Å². The van der Waals surface area contributed by atoms with Crippen molar-refractivity contribution in [3.63, 3.8) is 0 Å². The maximum Gasteiger partial charge on any atom is 0.243 e. The van der Waals surface area contributed by atoms with Gasteiger partial charge in [0, 0.05) is 11.5 Å². The smallest absolute Gasteiger partial charge is 0.243 e. The number of carbonyl (C=O) groups excluding carboxylic acids is 1. The molecule has 0 saturated carbocycles. The van der Waals surface area contributed by atoms with E-state index >= 15 is 0 Å². The van der Waals surface area contributed by atoms with Crippen molar-refractivity contribution in [2.75, 3.05) is 5.32 Å². The second kappa shape index (κ2) is 4.24. The Kier molecular flexibility index (Phi) is 3.41. The highest BCUT2D eigenvalue weighted by Crippen LogP contribution is 2.19. The summed E-state index contributed by atoms with van der Waals surface area (Å²) in [5.74, 6) is 0.429. The standard InChI is InChI=1S/C9H16N4OS/c1-5-11-8(15-13-5)12-7(14)6(10)9(2,3)4/h6H,10H2,1-4H3,(H,11,12,13,14)/t6-/m0/s1. The molecule has 1 aromatic rings. The molecule has 0 bridgehead atoms. The Morgan fingerprint density at radius 3 is 2.53 bits per heavy atom. The van der Waals surface area contributed by atoms with E-state index in [0.29, 0.717) is 11.0 Å². The summed E-state index contributed by atoms with van der Waals surface area (Å²) in [6.07, 6.45) is 0. The van der Waals surface area contributed by atoms with E-state index in [0.717, 1.165) is 11.5 Å². The Morgan fingerprint density at radius 1 is 1.53 bits per heavy atom. The van der Waals surface area contributed by atoms with E-state index in [9.17, 15) is 4.79 Å². The van der Waals surface area contributed by atoms with Crippen molar-refractivity contribution in [1.29, 1.82) is 0 Å². The molecule has 0 aliphatic rings. The third kappa shape index (κ3) is 3.24. The number of rotatable bonds is 2. The third-order valence-corrected chi connectivity index (χ3v) is 2.69. The number of hydrogen-bond acceptors (Lipinski definition) is 5. The van der Waals surface area contributed by atoms with Crippen LogP contribution in [-0.4, -0.2) is 21.3 Å². The summed E-state index contributed by atoms with van der Waals surface area (Å²) in [5.41, 5.74) is 5.53. The first-order valence-electron chi connectivity index (χ1n) is 4.67. The van der Waals surface area contributed by atoms with Crippen LogP contribution in [0.5, 0.6) is 0 Å². The van der Waals surface area contributed by atoms with Gasteiger partial charge in [0.2, 0.25) is 11.0 Å². The van der Waals surface area contributed by atoms with Gasteiger partial charge in [-0.3, -0.25) is 10.1 Å². The van der Waals surface area contributed by atoms with Gasteiger partial charge >= 0.3 is 0 Å². The van der Waals surface area contributed by atoms with Gasteiger partial charge in [-0.2, -0.15) is 4.37 Å². The molecule has 0 aliphatic heterocycles. The highest BCUT2D eigenvalue weighted by Gasteiger charge is 2.27. The molecule has 0 radical (unpaired) electrons. The zero-order chi connectivity index (χ0) is 11.6. The van der Waals surface area contributed by atoms with Gasteiger partial charge in [-0.25, -0.2) is 4.98 Å². The molecule has 1 aromatic heterocycles. The Bertz CT molecular complexity index is 355. The van der Waals surface area contributed by atoms with Gasteiger partial charge in [0.05, 0.1) is 6.04 Å². The topological polar surface area (TPSA) is 80.9 Å². The highest BCUT2D eigenvalue weighted by molar-refractivity contribution is 7.09. The number of hydrogen-bond donors (Lipinski definition) is 2. The monoisotopic (exact) mass is 228 g/mol. The lowest BCUT2D eigenvalue weighted by atomic mass is 9.87. The number of nitrogens with two attached hydrogens (primary N) is 1. The van der Waals surface area contributed by atoms with Gasteiger partial charge in [-0.05, 0) is 12.3 Å². The molecular formula is C9H16N4OS. The Morgan fingerprint density at radius 2 is 2.13 bits per heavy atom. The van der Waals surface area contributed by atoms with E-state index in [1.165, 1.54) is 0 Å². The lowest BCUT2D eigenvalue weighted by Gasteiger charge is -2.25. The van der Waals surface area contributed by atoms with Crippen LogP contribution in [0.4, 0.5) is 5.13 Å². The number of nitrogens with one attached hydrogen (secondary N) is 1. The summed E-state index contributed by atoms with van der Waals surface area (Å²) in [6, 6.07) is -0.554. The summed E-state index contributed by atoms with van der Waals surface area (Å²) < 4.78 is 3.97. The van der Waals surface area contributed by atoms with Crippen LogP contribution in [-0.2, 0) is 4.79 Å². The van der Waals surface area contributed by atoms with Gasteiger partial charge < -0.3 is 5.73 Å². The van der Waals surface area contributed by atoms with Crippen molar-refractivity contribution in [2.24, 2.45) is 11.1 Å². The maximum absolute atomic E-state index is 11.7. The van der Waals surface area contributed by atoms with Crippen LogP contribution in [0, 0.1) is 12.3 Å². The molecule has 1 heterocycles. The number of anilines is 1. The van der Waals surface area contributed by atoms with Gasteiger partial charge in [0.1, 0.15) is 5.82 Å². The molecule has 0 fully saturated rings. The fourth-order valence-corrected chi connectivity index (χ4v) is 1.50. The molecule has 0 saturated heterocycles. The molecule has 5 nitrogen and oxygen atoms in total. The van der Waals surface area contributed by atoms with Crippen molar-refractivity contribution < 1.29 is 4.79 Å². The van der Waals surface area contributed by atoms with E-state index < -0.39 is 6.04 Å². The normalized spacial score (nSPS) is 13.7.